The molecule has 0 bridgehead atoms. The summed E-state index contributed by atoms with van der Waals surface area (Å²) in [6.45, 7) is 0.415. The van der Waals surface area contributed by atoms with Gasteiger partial charge in [-0.15, -0.1) is 0 Å². The molecule has 7 nitrogen and oxygen atoms in total. The predicted octanol–water partition coefficient (Wildman–Crippen LogP) is -0.746. The van der Waals surface area contributed by atoms with E-state index in [1.165, 1.54) is 4.90 Å². The summed E-state index contributed by atoms with van der Waals surface area (Å²) in [4.78, 5) is 34.3. The van der Waals surface area contributed by atoms with Crippen LogP contribution in [0.1, 0.15) is 25.7 Å². The van der Waals surface area contributed by atoms with Gasteiger partial charge in [0.05, 0.1) is 0 Å². The summed E-state index contributed by atoms with van der Waals surface area (Å²) < 4.78 is 0. The molecule has 1 fully saturated rings. The second-order valence-electron chi connectivity index (χ2n) is 4.07. The van der Waals surface area contributed by atoms with Gasteiger partial charge in [0.25, 0.3) is 0 Å². The number of hydrogen-bond donors (Lipinski definition) is 3. The lowest BCUT2D eigenvalue weighted by atomic mass is 10.1. The molecule has 0 aromatic heterocycles. The van der Waals surface area contributed by atoms with E-state index in [-0.39, 0.29) is 18.7 Å². The Bertz CT molecular complexity index is 331. The van der Waals surface area contributed by atoms with Gasteiger partial charge in [0.15, 0.2) is 0 Å². The SMILES string of the molecule is NC(CCC(=O)N1CCC[C@H]1C(=O)O)C(=O)O. The molecule has 1 rings (SSSR count). The van der Waals surface area contributed by atoms with Crippen LogP contribution in [0.25, 0.3) is 0 Å². The molecule has 0 spiro atoms. The maximum Gasteiger partial charge on any atom is 0.326 e. The average molecular weight is 244 g/mol. The molecule has 1 amide bonds. The third-order valence-electron chi connectivity index (χ3n) is 2.84. The van der Waals surface area contributed by atoms with E-state index in [0.717, 1.165) is 0 Å². The number of hydrogen-bond acceptors (Lipinski definition) is 4. The topological polar surface area (TPSA) is 121 Å². The van der Waals surface area contributed by atoms with E-state index in [0.29, 0.717) is 19.4 Å². The minimum absolute atomic E-state index is 0.0248. The lowest BCUT2D eigenvalue weighted by Crippen LogP contribution is -2.41. The van der Waals surface area contributed by atoms with Gasteiger partial charge >= 0.3 is 11.9 Å². The second-order valence-corrected chi connectivity index (χ2v) is 4.07. The fourth-order valence-electron chi connectivity index (χ4n) is 1.87. The van der Waals surface area contributed by atoms with E-state index in [1.54, 1.807) is 0 Å². The lowest BCUT2D eigenvalue weighted by Gasteiger charge is -2.21. The molecule has 0 saturated carbocycles. The number of carbonyl (C=O) groups excluding carboxylic acids is 1. The van der Waals surface area contributed by atoms with Gasteiger partial charge in [0, 0.05) is 13.0 Å². The van der Waals surface area contributed by atoms with Gasteiger partial charge < -0.3 is 20.8 Å². The van der Waals surface area contributed by atoms with Crippen molar-refractivity contribution in [3.8, 4) is 0 Å². The quantitative estimate of drug-likeness (QED) is 0.585. The predicted molar refractivity (Wildman–Crippen MR) is 57.2 cm³/mol. The molecule has 1 aliphatic heterocycles. The Labute approximate surface area is 98.2 Å². The lowest BCUT2D eigenvalue weighted by molar-refractivity contribution is -0.148. The van der Waals surface area contributed by atoms with E-state index in [4.69, 9.17) is 15.9 Å². The summed E-state index contributed by atoms with van der Waals surface area (Å²) in [5, 5.41) is 17.4. The first-order valence-electron chi connectivity index (χ1n) is 5.44. The zero-order chi connectivity index (χ0) is 13.0. The highest BCUT2D eigenvalue weighted by Gasteiger charge is 2.33. The highest BCUT2D eigenvalue weighted by molar-refractivity contribution is 5.84. The molecule has 17 heavy (non-hydrogen) atoms. The van der Waals surface area contributed by atoms with Crippen LogP contribution in [0, 0.1) is 0 Å². The number of aliphatic carboxylic acids is 2. The number of nitrogens with two attached hydrogens (primary N) is 1. The number of nitrogens with zero attached hydrogens (tertiary/aromatic N) is 1. The normalized spacial score (nSPS) is 21.2. The van der Waals surface area contributed by atoms with Crippen molar-refractivity contribution in [1.29, 1.82) is 0 Å². The van der Waals surface area contributed by atoms with E-state index in [2.05, 4.69) is 0 Å². The van der Waals surface area contributed by atoms with Gasteiger partial charge in [0.2, 0.25) is 5.91 Å². The van der Waals surface area contributed by atoms with Crippen LogP contribution in [-0.4, -0.2) is 51.6 Å². The molecule has 4 N–H and O–H groups in total. The molecule has 7 heteroatoms. The number of rotatable bonds is 5. The highest BCUT2D eigenvalue weighted by atomic mass is 16.4. The summed E-state index contributed by atoms with van der Waals surface area (Å²) in [7, 11) is 0. The van der Waals surface area contributed by atoms with Crippen LogP contribution in [0.15, 0.2) is 0 Å². The van der Waals surface area contributed by atoms with E-state index in [9.17, 15) is 14.4 Å². The van der Waals surface area contributed by atoms with Crippen molar-refractivity contribution in [2.24, 2.45) is 5.73 Å². The molecule has 0 aliphatic carbocycles. The zero-order valence-corrected chi connectivity index (χ0v) is 9.33. The Morgan fingerprint density at radius 1 is 1.35 bits per heavy atom. The molecular weight excluding hydrogens is 228 g/mol. The molecule has 1 heterocycles. The summed E-state index contributed by atoms with van der Waals surface area (Å²) in [5.74, 6) is -2.51. The highest BCUT2D eigenvalue weighted by Crippen LogP contribution is 2.19. The summed E-state index contributed by atoms with van der Waals surface area (Å²) >= 11 is 0. The molecule has 1 saturated heterocycles. The van der Waals surface area contributed by atoms with E-state index < -0.39 is 24.0 Å². The summed E-state index contributed by atoms with van der Waals surface area (Å²) in [6.07, 6.45) is 1.11. The number of amides is 1. The van der Waals surface area contributed by atoms with Crippen LogP contribution in [-0.2, 0) is 14.4 Å². The molecule has 0 radical (unpaired) electrons. The van der Waals surface area contributed by atoms with Crippen molar-refractivity contribution in [1.82, 2.24) is 4.90 Å². The Kier molecular flexibility index (Phi) is 4.45. The van der Waals surface area contributed by atoms with Crippen molar-refractivity contribution >= 4 is 17.8 Å². The number of carboxylic acid groups (broad SMARTS) is 2. The standard InChI is InChI=1S/C10H16N2O5/c11-6(9(14)15)3-4-8(13)12-5-1-2-7(12)10(16)17/h6-7H,1-5,11H2,(H,14,15)(H,16,17)/t6?,7-/m0/s1. The van der Waals surface area contributed by atoms with Gasteiger partial charge in [-0.05, 0) is 19.3 Å². The van der Waals surface area contributed by atoms with Gasteiger partial charge in [0.1, 0.15) is 12.1 Å². The minimum Gasteiger partial charge on any atom is -0.480 e. The van der Waals surface area contributed by atoms with Crippen molar-refractivity contribution in [2.75, 3.05) is 6.54 Å². The van der Waals surface area contributed by atoms with Crippen LogP contribution in [0.2, 0.25) is 0 Å². The molecule has 0 aromatic carbocycles. The first-order valence-corrected chi connectivity index (χ1v) is 5.44. The first-order chi connectivity index (χ1) is 7.93. The Hall–Kier alpha value is -1.63. The average Bonchev–Trinajstić information content (AvgIpc) is 2.73. The molecule has 0 aromatic rings. The smallest absolute Gasteiger partial charge is 0.326 e. The largest absolute Gasteiger partial charge is 0.480 e. The zero-order valence-electron chi connectivity index (χ0n) is 9.33. The third kappa shape index (κ3) is 3.42. The molecule has 1 aliphatic rings. The fraction of sp³-hybridized carbons (Fsp3) is 0.700. The van der Waals surface area contributed by atoms with Crippen LogP contribution in [0.5, 0.6) is 0 Å². The Morgan fingerprint density at radius 2 is 2.00 bits per heavy atom. The number of likely N-dealkylation sites (tertiary alicyclic amines) is 1. The monoisotopic (exact) mass is 244 g/mol. The second kappa shape index (κ2) is 5.62. The first kappa shape index (κ1) is 13.4. The van der Waals surface area contributed by atoms with Crippen molar-refractivity contribution in [2.45, 2.75) is 37.8 Å². The van der Waals surface area contributed by atoms with Crippen LogP contribution >= 0.6 is 0 Å². The maximum atomic E-state index is 11.7. The van der Waals surface area contributed by atoms with Gasteiger partial charge in [-0.25, -0.2) is 4.79 Å². The Morgan fingerprint density at radius 3 is 2.53 bits per heavy atom. The van der Waals surface area contributed by atoms with Gasteiger partial charge in [-0.1, -0.05) is 0 Å². The molecular formula is C10H16N2O5. The molecule has 96 valence electrons. The number of carbonyl (C=O) groups is 3. The van der Waals surface area contributed by atoms with Crippen LogP contribution < -0.4 is 5.73 Å². The van der Waals surface area contributed by atoms with Gasteiger partial charge in [-0.3, -0.25) is 9.59 Å². The van der Waals surface area contributed by atoms with Crippen molar-refractivity contribution in [3.05, 3.63) is 0 Å². The van der Waals surface area contributed by atoms with E-state index >= 15 is 0 Å². The van der Waals surface area contributed by atoms with Crippen molar-refractivity contribution in [3.63, 3.8) is 0 Å². The van der Waals surface area contributed by atoms with Crippen LogP contribution in [0.3, 0.4) is 0 Å². The number of carboxylic acids is 2. The summed E-state index contributed by atoms with van der Waals surface area (Å²) in [5.41, 5.74) is 5.27. The minimum atomic E-state index is -1.16. The van der Waals surface area contributed by atoms with Crippen molar-refractivity contribution < 1.29 is 24.6 Å². The molecule has 1 unspecified atom stereocenters. The van der Waals surface area contributed by atoms with Gasteiger partial charge in [-0.2, -0.15) is 0 Å². The van der Waals surface area contributed by atoms with E-state index in [1.807, 2.05) is 0 Å². The van der Waals surface area contributed by atoms with Crippen LogP contribution in [0.4, 0.5) is 0 Å². The Balaban J connectivity index is 2.47. The maximum absolute atomic E-state index is 11.7. The molecule has 2 atom stereocenters. The third-order valence-corrected chi connectivity index (χ3v) is 2.84. The fourth-order valence-corrected chi connectivity index (χ4v) is 1.87. The summed E-state index contributed by atoms with van der Waals surface area (Å²) in [6, 6.07) is -1.85.